The van der Waals surface area contributed by atoms with Crippen molar-refractivity contribution in [1.29, 1.82) is 0 Å². The van der Waals surface area contributed by atoms with Gasteiger partial charge >= 0.3 is 0 Å². The van der Waals surface area contributed by atoms with Crippen LogP contribution in [0.15, 0.2) is 16.3 Å². The van der Waals surface area contributed by atoms with E-state index in [1.165, 1.54) is 17.4 Å². The zero-order valence-electron chi connectivity index (χ0n) is 13.0. The lowest BCUT2D eigenvalue weighted by molar-refractivity contribution is -0.124. The monoisotopic (exact) mass is 389 g/mol. The summed E-state index contributed by atoms with van der Waals surface area (Å²) in [6.07, 6.45) is 0. The molecule has 1 aliphatic heterocycles. The van der Waals surface area contributed by atoms with E-state index in [9.17, 15) is 13.2 Å². The second-order valence-corrected chi connectivity index (χ2v) is 9.37. The Morgan fingerprint density at radius 1 is 1.46 bits per heavy atom. The molecule has 11 heteroatoms. The summed E-state index contributed by atoms with van der Waals surface area (Å²) in [6, 6.07) is 3.02. The molecule has 24 heavy (non-hydrogen) atoms. The third kappa shape index (κ3) is 3.06. The number of rotatable bonds is 4. The standard InChI is InChI=1S/C13H16ClN5O3S2/c1-7-16-12(18-17-7)8-5-19(6-9(8)13(20)15-2)24(21,22)11-4-3-10(14)23-11/h3-4,8-9H,5-6H2,1-2H3,(H,15,20)(H,16,17,18). The first-order valence-electron chi connectivity index (χ1n) is 7.19. The predicted octanol–water partition coefficient (Wildman–Crippen LogP) is 0.978. The van der Waals surface area contributed by atoms with Crippen molar-refractivity contribution >= 4 is 38.9 Å². The van der Waals surface area contributed by atoms with E-state index in [4.69, 9.17) is 11.6 Å². The van der Waals surface area contributed by atoms with Gasteiger partial charge in [0.05, 0.1) is 10.3 Å². The molecule has 0 spiro atoms. The van der Waals surface area contributed by atoms with Crippen LogP contribution in [0.4, 0.5) is 0 Å². The average molecular weight is 390 g/mol. The number of aromatic nitrogens is 3. The minimum Gasteiger partial charge on any atom is -0.359 e. The summed E-state index contributed by atoms with van der Waals surface area (Å²) >= 11 is 6.85. The number of thiophene rings is 1. The lowest BCUT2D eigenvalue weighted by Crippen LogP contribution is -2.33. The number of nitrogens with one attached hydrogen (secondary N) is 2. The minimum absolute atomic E-state index is 0.0791. The lowest BCUT2D eigenvalue weighted by Gasteiger charge is -2.14. The molecule has 0 aromatic carbocycles. The van der Waals surface area contributed by atoms with Crippen LogP contribution in [0.3, 0.4) is 0 Å². The maximum atomic E-state index is 12.8. The Hall–Kier alpha value is -1.49. The van der Waals surface area contributed by atoms with Gasteiger partial charge in [0.25, 0.3) is 10.0 Å². The summed E-state index contributed by atoms with van der Waals surface area (Å²) in [6.45, 7) is 1.98. The molecule has 2 aromatic heterocycles. The van der Waals surface area contributed by atoms with Gasteiger partial charge in [-0.25, -0.2) is 13.4 Å². The highest BCUT2D eigenvalue weighted by atomic mass is 35.5. The molecule has 2 aromatic rings. The fraction of sp³-hybridized carbons (Fsp3) is 0.462. The minimum atomic E-state index is -3.70. The van der Waals surface area contributed by atoms with Gasteiger partial charge in [-0.3, -0.25) is 9.89 Å². The van der Waals surface area contributed by atoms with Gasteiger partial charge in [-0.15, -0.1) is 11.3 Å². The number of nitrogens with zero attached hydrogens (tertiary/aromatic N) is 3. The molecule has 1 amide bonds. The fourth-order valence-corrected chi connectivity index (χ4v) is 5.90. The van der Waals surface area contributed by atoms with Crippen LogP contribution in [-0.4, -0.2) is 53.9 Å². The molecule has 0 saturated carbocycles. The molecule has 1 fully saturated rings. The summed E-state index contributed by atoms with van der Waals surface area (Å²) < 4.78 is 27.4. The Balaban J connectivity index is 1.93. The van der Waals surface area contributed by atoms with Crippen LogP contribution < -0.4 is 5.32 Å². The maximum Gasteiger partial charge on any atom is 0.252 e. The summed E-state index contributed by atoms with van der Waals surface area (Å²) in [4.78, 5) is 16.5. The Morgan fingerprint density at radius 3 is 2.75 bits per heavy atom. The summed E-state index contributed by atoms with van der Waals surface area (Å²) in [5.41, 5.74) is 0. The number of carbonyl (C=O) groups is 1. The van der Waals surface area contributed by atoms with E-state index in [1.807, 2.05) is 0 Å². The number of amides is 1. The topological polar surface area (TPSA) is 108 Å². The number of aromatic amines is 1. The maximum absolute atomic E-state index is 12.8. The van der Waals surface area contributed by atoms with Gasteiger partial charge in [-0.05, 0) is 19.1 Å². The molecule has 130 valence electrons. The van der Waals surface area contributed by atoms with Crippen LogP contribution in [-0.2, 0) is 14.8 Å². The summed E-state index contributed by atoms with van der Waals surface area (Å²) in [5.74, 6) is -0.116. The first kappa shape index (κ1) is 17.3. The predicted molar refractivity (Wildman–Crippen MR) is 89.5 cm³/mol. The highest BCUT2D eigenvalue weighted by Gasteiger charge is 2.45. The van der Waals surface area contributed by atoms with E-state index in [2.05, 4.69) is 20.5 Å². The molecule has 3 rings (SSSR count). The number of hydrogen-bond donors (Lipinski definition) is 2. The summed E-state index contributed by atoms with van der Waals surface area (Å²) in [5, 5.41) is 9.42. The molecule has 2 N–H and O–H groups in total. The molecule has 0 radical (unpaired) electrons. The van der Waals surface area contributed by atoms with Crippen LogP contribution in [0.5, 0.6) is 0 Å². The largest absolute Gasteiger partial charge is 0.359 e. The smallest absolute Gasteiger partial charge is 0.252 e. The fourth-order valence-electron chi connectivity index (χ4n) is 2.77. The van der Waals surface area contributed by atoms with Gasteiger partial charge in [-0.2, -0.15) is 9.40 Å². The molecule has 3 heterocycles. The van der Waals surface area contributed by atoms with E-state index in [-0.39, 0.29) is 23.2 Å². The van der Waals surface area contributed by atoms with Crippen LogP contribution in [0.1, 0.15) is 17.6 Å². The first-order valence-corrected chi connectivity index (χ1v) is 9.82. The second-order valence-electron chi connectivity index (χ2n) is 5.49. The number of hydrogen-bond acceptors (Lipinski definition) is 6. The molecular weight excluding hydrogens is 374 g/mol. The third-order valence-corrected chi connectivity index (χ3v) is 7.49. The van der Waals surface area contributed by atoms with Crippen LogP contribution in [0.25, 0.3) is 0 Å². The van der Waals surface area contributed by atoms with Crippen molar-refractivity contribution in [2.75, 3.05) is 20.1 Å². The summed E-state index contributed by atoms with van der Waals surface area (Å²) in [7, 11) is -2.18. The van der Waals surface area contributed by atoms with Gasteiger partial charge in [0.1, 0.15) is 10.0 Å². The van der Waals surface area contributed by atoms with E-state index in [0.29, 0.717) is 16.0 Å². The van der Waals surface area contributed by atoms with Gasteiger partial charge < -0.3 is 5.32 Å². The Morgan fingerprint density at radius 2 is 2.21 bits per heavy atom. The highest BCUT2D eigenvalue weighted by Crippen LogP contribution is 2.36. The number of H-pyrrole nitrogens is 1. The van der Waals surface area contributed by atoms with Gasteiger partial charge in [0.2, 0.25) is 5.91 Å². The molecule has 2 atom stereocenters. The number of sulfonamides is 1. The Bertz CT molecular complexity index is 863. The number of aryl methyl sites for hydroxylation is 1. The van der Waals surface area contributed by atoms with E-state index >= 15 is 0 Å². The van der Waals surface area contributed by atoms with Crippen molar-refractivity contribution in [3.63, 3.8) is 0 Å². The number of halogens is 1. The van der Waals surface area contributed by atoms with Crippen molar-refractivity contribution in [2.24, 2.45) is 5.92 Å². The third-order valence-electron chi connectivity index (χ3n) is 3.96. The van der Waals surface area contributed by atoms with Crippen molar-refractivity contribution in [2.45, 2.75) is 17.1 Å². The molecule has 1 aliphatic rings. The molecule has 2 unspecified atom stereocenters. The van der Waals surface area contributed by atoms with Crippen LogP contribution in [0, 0.1) is 12.8 Å². The first-order chi connectivity index (χ1) is 11.3. The van der Waals surface area contributed by atoms with Crippen molar-refractivity contribution in [3.8, 4) is 0 Å². The normalized spacial score (nSPS) is 22.0. The zero-order valence-corrected chi connectivity index (χ0v) is 15.4. The molecule has 0 bridgehead atoms. The second kappa shape index (κ2) is 6.43. The van der Waals surface area contributed by atoms with Gasteiger partial charge in [-0.1, -0.05) is 11.6 Å². The van der Waals surface area contributed by atoms with Crippen LogP contribution >= 0.6 is 22.9 Å². The molecule has 1 saturated heterocycles. The van der Waals surface area contributed by atoms with E-state index in [1.54, 1.807) is 13.0 Å². The van der Waals surface area contributed by atoms with E-state index in [0.717, 1.165) is 11.3 Å². The van der Waals surface area contributed by atoms with E-state index < -0.39 is 21.9 Å². The van der Waals surface area contributed by atoms with Crippen LogP contribution in [0.2, 0.25) is 4.34 Å². The molecule has 8 nitrogen and oxygen atoms in total. The Labute approximate surface area is 148 Å². The van der Waals surface area contributed by atoms with Gasteiger partial charge in [0, 0.05) is 26.1 Å². The Kier molecular flexibility index (Phi) is 4.65. The lowest BCUT2D eigenvalue weighted by atomic mass is 9.94. The molecular formula is C13H16ClN5O3S2. The van der Waals surface area contributed by atoms with Gasteiger partial charge in [0.15, 0.2) is 5.82 Å². The quantitative estimate of drug-likeness (QED) is 0.810. The van der Waals surface area contributed by atoms with Crippen molar-refractivity contribution < 1.29 is 13.2 Å². The average Bonchev–Trinajstić information content (AvgIpc) is 3.25. The SMILES string of the molecule is CNC(=O)C1CN(S(=O)(=O)c2ccc(Cl)s2)CC1c1n[nH]c(C)n1. The highest BCUT2D eigenvalue weighted by molar-refractivity contribution is 7.91. The van der Waals surface area contributed by atoms with Crippen molar-refractivity contribution in [1.82, 2.24) is 24.8 Å². The molecule has 0 aliphatic carbocycles. The zero-order chi connectivity index (χ0) is 17.5. The number of carbonyl (C=O) groups excluding carboxylic acids is 1. The van der Waals surface area contributed by atoms with Crippen molar-refractivity contribution in [3.05, 3.63) is 28.1 Å².